The predicted octanol–water partition coefficient (Wildman–Crippen LogP) is 4.67. The molecule has 0 radical (unpaired) electrons. The van der Waals surface area contributed by atoms with Crippen molar-refractivity contribution < 1.29 is 34.1 Å². The lowest BCUT2D eigenvalue weighted by molar-refractivity contribution is -0.185. The van der Waals surface area contributed by atoms with Crippen LogP contribution < -0.4 is 10.6 Å². The molecule has 0 aliphatic heterocycles. The Morgan fingerprint density at radius 3 is 2.49 bits per heavy atom. The van der Waals surface area contributed by atoms with E-state index >= 15 is 0 Å². The first-order chi connectivity index (χ1) is 19.6. The van der Waals surface area contributed by atoms with Crippen LogP contribution in [0.2, 0.25) is 0 Å². The summed E-state index contributed by atoms with van der Waals surface area (Å²) < 4.78 is 10.9. The van der Waals surface area contributed by atoms with Gasteiger partial charge in [0.15, 0.2) is 0 Å². The van der Waals surface area contributed by atoms with Gasteiger partial charge in [0.05, 0.1) is 24.9 Å². The molecule has 2 aliphatic carbocycles. The molecule has 2 fully saturated rings. The van der Waals surface area contributed by atoms with E-state index in [-0.39, 0.29) is 37.4 Å². The molecular formula is C32H42N2O7. The van der Waals surface area contributed by atoms with Crippen molar-refractivity contribution in [2.45, 2.75) is 71.6 Å². The summed E-state index contributed by atoms with van der Waals surface area (Å²) in [5, 5.41) is 27.4. The minimum absolute atomic E-state index is 0.0750. The van der Waals surface area contributed by atoms with Crippen LogP contribution in [0.25, 0.3) is 0 Å². The maximum Gasteiger partial charge on any atom is 0.411 e. The van der Waals surface area contributed by atoms with Crippen molar-refractivity contribution in [3.05, 3.63) is 65.7 Å². The van der Waals surface area contributed by atoms with Gasteiger partial charge >= 0.3 is 12.1 Å². The van der Waals surface area contributed by atoms with Crippen LogP contribution in [0, 0.1) is 22.7 Å². The van der Waals surface area contributed by atoms with Gasteiger partial charge in [-0.15, -0.1) is 0 Å². The number of nitrogens with one attached hydrogen (secondary N) is 2. The molecule has 2 amide bonds. The lowest BCUT2D eigenvalue weighted by Crippen LogP contribution is -2.61. The van der Waals surface area contributed by atoms with Crippen LogP contribution in [0.15, 0.2) is 54.6 Å². The molecular weight excluding hydrogens is 524 g/mol. The van der Waals surface area contributed by atoms with E-state index in [9.17, 15) is 24.6 Å². The summed E-state index contributed by atoms with van der Waals surface area (Å²) >= 11 is 0. The summed E-state index contributed by atoms with van der Waals surface area (Å²) in [6.45, 7) is 6.22. The number of anilines is 1. The van der Waals surface area contributed by atoms with E-state index in [4.69, 9.17) is 9.47 Å². The van der Waals surface area contributed by atoms with Crippen molar-refractivity contribution >= 4 is 23.7 Å². The highest BCUT2D eigenvalue weighted by Crippen LogP contribution is 2.61. The van der Waals surface area contributed by atoms with Crippen molar-refractivity contribution in [2.75, 3.05) is 18.5 Å². The molecule has 41 heavy (non-hydrogen) atoms. The van der Waals surface area contributed by atoms with E-state index in [2.05, 4.69) is 17.6 Å². The van der Waals surface area contributed by atoms with Crippen LogP contribution in [0.4, 0.5) is 10.5 Å². The summed E-state index contributed by atoms with van der Waals surface area (Å²) in [5.74, 6) is -0.961. The number of hydrogen-bond donors (Lipinski definition) is 4. The molecule has 0 saturated heterocycles. The molecule has 0 heterocycles. The zero-order valence-corrected chi connectivity index (χ0v) is 24.1. The molecule has 9 nitrogen and oxygen atoms in total. The van der Waals surface area contributed by atoms with Crippen LogP contribution in [0.5, 0.6) is 0 Å². The standard InChI is InChI=1S/C32H42N2O7/c1-4-40-29(38)22-11-8-12-23(17-22)34-30(39)41-27-15-16-31(2)24(25(36)13-14-26(31)32(27,3)20-35)18-28(37)33-19-21-9-6-5-7-10-21/h5-12,17,24-27,35-36H,4,13-16,18-20H2,1-3H3,(H,33,37)(H,34,39). The Labute approximate surface area is 241 Å². The van der Waals surface area contributed by atoms with Crippen molar-refractivity contribution in [1.29, 1.82) is 0 Å². The van der Waals surface area contributed by atoms with E-state index in [1.54, 1.807) is 25.1 Å². The zero-order valence-electron chi connectivity index (χ0n) is 24.1. The lowest BCUT2D eigenvalue weighted by Gasteiger charge is -2.60. The third-order valence-electron chi connectivity index (χ3n) is 9.28. The van der Waals surface area contributed by atoms with E-state index < -0.39 is 35.1 Å². The Morgan fingerprint density at radius 1 is 1.02 bits per heavy atom. The first kappa shape index (κ1) is 30.5. The van der Waals surface area contributed by atoms with E-state index in [0.29, 0.717) is 43.5 Å². The predicted molar refractivity (Wildman–Crippen MR) is 154 cm³/mol. The normalized spacial score (nSPS) is 29.1. The number of esters is 1. The second-order valence-electron chi connectivity index (χ2n) is 11.8. The van der Waals surface area contributed by atoms with Crippen molar-refractivity contribution in [3.8, 4) is 0 Å². The number of hydrogen-bond acceptors (Lipinski definition) is 7. The molecule has 2 aromatic carbocycles. The minimum Gasteiger partial charge on any atom is -0.462 e. The molecule has 0 spiro atoms. The first-order valence-corrected chi connectivity index (χ1v) is 14.4. The Bertz CT molecular complexity index is 1220. The number of fused-ring (bicyclic) bond motifs is 1. The van der Waals surface area contributed by atoms with Gasteiger partial charge in [0, 0.05) is 24.1 Å². The number of carbonyl (C=O) groups excluding carboxylic acids is 3. The second-order valence-corrected chi connectivity index (χ2v) is 11.8. The maximum absolute atomic E-state index is 13.0. The summed E-state index contributed by atoms with van der Waals surface area (Å²) in [7, 11) is 0. The molecule has 6 unspecified atom stereocenters. The second kappa shape index (κ2) is 13.0. The van der Waals surface area contributed by atoms with Gasteiger partial charge < -0.3 is 25.0 Å². The highest BCUT2D eigenvalue weighted by atomic mass is 16.6. The molecule has 2 saturated carbocycles. The maximum atomic E-state index is 13.0. The number of carbonyl (C=O) groups is 3. The quantitative estimate of drug-likeness (QED) is 0.324. The molecule has 0 aromatic heterocycles. The largest absolute Gasteiger partial charge is 0.462 e. The fourth-order valence-corrected chi connectivity index (χ4v) is 7.06. The summed E-state index contributed by atoms with van der Waals surface area (Å²) in [4.78, 5) is 38.0. The third kappa shape index (κ3) is 6.73. The SMILES string of the molecule is CCOC(=O)c1cccc(NC(=O)OC2CCC3(C)C(CC(=O)NCc4ccccc4)C(O)CCC3C2(C)CO)c1. The monoisotopic (exact) mass is 566 g/mol. The van der Waals surface area contributed by atoms with E-state index in [0.717, 1.165) is 5.56 Å². The molecule has 2 aliphatic rings. The van der Waals surface area contributed by atoms with Crippen LogP contribution >= 0.6 is 0 Å². The number of amides is 2. The average molecular weight is 567 g/mol. The smallest absolute Gasteiger partial charge is 0.411 e. The Morgan fingerprint density at radius 2 is 1.78 bits per heavy atom. The number of benzene rings is 2. The highest BCUT2D eigenvalue weighted by Gasteiger charge is 2.60. The Hall–Kier alpha value is -3.43. The van der Waals surface area contributed by atoms with Crippen molar-refractivity contribution in [1.82, 2.24) is 5.32 Å². The Kier molecular flexibility index (Phi) is 9.71. The topological polar surface area (TPSA) is 134 Å². The number of aliphatic hydroxyl groups excluding tert-OH is 2. The zero-order chi connectivity index (χ0) is 29.6. The minimum atomic E-state index is -0.768. The Balaban J connectivity index is 1.43. The molecule has 2 aromatic rings. The number of ether oxygens (including phenoxy) is 2. The van der Waals surface area contributed by atoms with Crippen molar-refractivity contribution in [2.24, 2.45) is 22.7 Å². The number of rotatable bonds is 9. The summed E-state index contributed by atoms with van der Waals surface area (Å²) in [6, 6.07) is 16.1. The van der Waals surface area contributed by atoms with Gasteiger partial charge in [0.1, 0.15) is 6.10 Å². The molecule has 4 rings (SSSR count). The summed E-state index contributed by atoms with van der Waals surface area (Å²) in [5.41, 5.74) is 0.525. The molecule has 0 bridgehead atoms. The van der Waals surface area contributed by atoms with Gasteiger partial charge in [-0.2, -0.15) is 0 Å². The van der Waals surface area contributed by atoms with Gasteiger partial charge in [-0.25, -0.2) is 9.59 Å². The molecule has 222 valence electrons. The van der Waals surface area contributed by atoms with Gasteiger partial charge in [-0.05, 0) is 73.6 Å². The summed E-state index contributed by atoms with van der Waals surface area (Å²) in [6.07, 6.45) is 0.590. The third-order valence-corrected chi connectivity index (χ3v) is 9.28. The van der Waals surface area contributed by atoms with Crippen LogP contribution in [-0.2, 0) is 20.8 Å². The molecule has 9 heteroatoms. The fraction of sp³-hybridized carbons (Fsp3) is 0.531. The van der Waals surface area contributed by atoms with E-state index in [1.165, 1.54) is 6.07 Å². The van der Waals surface area contributed by atoms with E-state index in [1.807, 2.05) is 37.3 Å². The molecule has 6 atom stereocenters. The van der Waals surface area contributed by atoms with Crippen molar-refractivity contribution in [3.63, 3.8) is 0 Å². The molecule has 4 N–H and O–H groups in total. The highest BCUT2D eigenvalue weighted by molar-refractivity contribution is 5.92. The average Bonchev–Trinajstić information content (AvgIpc) is 2.96. The van der Waals surface area contributed by atoms with Gasteiger partial charge in [0.25, 0.3) is 0 Å². The van der Waals surface area contributed by atoms with Crippen LogP contribution in [0.3, 0.4) is 0 Å². The van der Waals surface area contributed by atoms with Gasteiger partial charge in [0.2, 0.25) is 5.91 Å². The van der Waals surface area contributed by atoms with Gasteiger partial charge in [-0.1, -0.05) is 50.2 Å². The van der Waals surface area contributed by atoms with Crippen LogP contribution in [-0.4, -0.2) is 53.6 Å². The van der Waals surface area contributed by atoms with Crippen LogP contribution in [0.1, 0.15) is 68.8 Å². The van der Waals surface area contributed by atoms with Gasteiger partial charge in [-0.3, -0.25) is 10.1 Å². The lowest BCUT2D eigenvalue weighted by atomic mass is 9.46. The fourth-order valence-electron chi connectivity index (χ4n) is 7.06. The number of aliphatic hydroxyl groups is 2. The first-order valence-electron chi connectivity index (χ1n) is 14.4.